The van der Waals surface area contributed by atoms with Crippen LogP contribution in [0.25, 0.3) is 10.8 Å². The van der Waals surface area contributed by atoms with Crippen molar-refractivity contribution in [3.63, 3.8) is 0 Å². The number of nitrogens with zero attached hydrogens (tertiary/aromatic N) is 2. The maximum absolute atomic E-state index is 13.0. The number of aryl methyl sites for hydroxylation is 1. The van der Waals surface area contributed by atoms with Crippen molar-refractivity contribution in [2.75, 3.05) is 36.5 Å². The molecule has 28 heavy (non-hydrogen) atoms. The molecule has 4 rings (SSSR count). The summed E-state index contributed by atoms with van der Waals surface area (Å²) in [5.41, 5.74) is 1.77. The minimum absolute atomic E-state index is 0.351. The fraction of sp³-hybridized carbons (Fsp3) is 0.286. The Morgan fingerprint density at radius 2 is 1.82 bits per heavy atom. The third kappa shape index (κ3) is 3.62. The fourth-order valence-electron chi connectivity index (χ4n) is 3.52. The number of nitrogens with one attached hydrogen (secondary N) is 1. The number of hydrogen-bond acceptors (Lipinski definition) is 4. The van der Waals surface area contributed by atoms with Gasteiger partial charge < -0.3 is 15.0 Å². The average molecular weight is 387 g/mol. The highest BCUT2D eigenvalue weighted by Gasteiger charge is 2.30. The van der Waals surface area contributed by atoms with E-state index in [1.807, 2.05) is 25.1 Å². The molecule has 1 aliphatic rings. The molecular formula is C21H20F3N3O. The van der Waals surface area contributed by atoms with E-state index in [0.717, 1.165) is 47.2 Å². The van der Waals surface area contributed by atoms with Crippen LogP contribution in [0.15, 0.2) is 48.7 Å². The maximum atomic E-state index is 13.0. The normalized spacial score (nSPS) is 15.1. The number of fused-ring (bicyclic) bond motifs is 1. The molecule has 1 aromatic heterocycles. The molecule has 4 nitrogen and oxygen atoms in total. The first-order valence-electron chi connectivity index (χ1n) is 9.09. The van der Waals surface area contributed by atoms with Gasteiger partial charge in [0.15, 0.2) is 0 Å². The van der Waals surface area contributed by atoms with Crippen LogP contribution in [0.5, 0.6) is 0 Å². The zero-order chi connectivity index (χ0) is 19.7. The van der Waals surface area contributed by atoms with Gasteiger partial charge in [0.2, 0.25) is 0 Å². The van der Waals surface area contributed by atoms with Gasteiger partial charge in [-0.15, -0.1) is 0 Å². The monoisotopic (exact) mass is 387 g/mol. The number of aromatic nitrogens is 1. The second-order valence-corrected chi connectivity index (χ2v) is 6.79. The summed E-state index contributed by atoms with van der Waals surface area (Å²) in [5.74, 6) is 0.537. The lowest BCUT2D eigenvalue weighted by Crippen LogP contribution is -2.36. The predicted octanol–water partition coefficient (Wildman–Crippen LogP) is 5.14. The molecule has 1 N–H and O–H groups in total. The van der Waals surface area contributed by atoms with Crippen LogP contribution in [0.4, 0.5) is 30.4 Å². The molecule has 0 radical (unpaired) electrons. The quantitative estimate of drug-likeness (QED) is 0.675. The highest BCUT2D eigenvalue weighted by Crippen LogP contribution is 2.36. The van der Waals surface area contributed by atoms with Crippen LogP contribution in [0.2, 0.25) is 0 Å². The SMILES string of the molecule is Cc1cccc2c(Nc3cccc(C(F)(F)F)c3)ncc(N3CCOCC3)c12. The Kier molecular flexibility index (Phi) is 4.85. The molecule has 0 amide bonds. The molecule has 0 spiro atoms. The first kappa shape index (κ1) is 18.6. The topological polar surface area (TPSA) is 37.4 Å². The average Bonchev–Trinajstić information content (AvgIpc) is 2.69. The zero-order valence-electron chi connectivity index (χ0n) is 15.4. The summed E-state index contributed by atoms with van der Waals surface area (Å²) in [5, 5.41) is 4.99. The number of benzene rings is 2. The molecule has 1 fully saturated rings. The minimum atomic E-state index is -4.38. The van der Waals surface area contributed by atoms with E-state index in [2.05, 4.69) is 15.2 Å². The van der Waals surface area contributed by atoms with Gasteiger partial charge in [-0.3, -0.25) is 0 Å². The molecule has 2 aromatic carbocycles. The standard InChI is InChI=1S/C21H20F3N3O/c1-14-4-2-7-17-19(14)18(27-8-10-28-11-9-27)13-25-20(17)26-16-6-3-5-15(12-16)21(22,23)24/h2-7,12-13H,8-11H2,1H3,(H,25,26). The van der Waals surface area contributed by atoms with E-state index in [1.165, 1.54) is 6.07 Å². The van der Waals surface area contributed by atoms with Crippen molar-refractivity contribution >= 4 is 28.0 Å². The van der Waals surface area contributed by atoms with Gasteiger partial charge in [-0.05, 0) is 30.7 Å². The van der Waals surface area contributed by atoms with Gasteiger partial charge >= 0.3 is 6.18 Å². The predicted molar refractivity (Wildman–Crippen MR) is 104 cm³/mol. The number of rotatable bonds is 3. The van der Waals surface area contributed by atoms with Gasteiger partial charge in [0, 0.05) is 29.5 Å². The van der Waals surface area contributed by atoms with Gasteiger partial charge in [0.05, 0.1) is 30.7 Å². The molecule has 1 aliphatic heterocycles. The van der Waals surface area contributed by atoms with Crippen molar-refractivity contribution in [3.8, 4) is 0 Å². The lowest BCUT2D eigenvalue weighted by atomic mass is 10.0. The first-order chi connectivity index (χ1) is 13.4. The highest BCUT2D eigenvalue weighted by atomic mass is 19.4. The smallest absolute Gasteiger partial charge is 0.378 e. The van der Waals surface area contributed by atoms with Gasteiger partial charge in [0.1, 0.15) is 5.82 Å². The van der Waals surface area contributed by atoms with Crippen LogP contribution < -0.4 is 10.2 Å². The summed E-state index contributed by atoms with van der Waals surface area (Å²) < 4.78 is 44.5. The number of pyridine rings is 1. The van der Waals surface area contributed by atoms with E-state index in [-0.39, 0.29) is 0 Å². The Morgan fingerprint density at radius 1 is 1.07 bits per heavy atom. The van der Waals surface area contributed by atoms with E-state index in [9.17, 15) is 13.2 Å². The Bertz CT molecular complexity index is 998. The largest absolute Gasteiger partial charge is 0.416 e. The Morgan fingerprint density at radius 3 is 2.57 bits per heavy atom. The number of hydrogen-bond donors (Lipinski definition) is 1. The van der Waals surface area contributed by atoms with Crippen LogP contribution in [-0.2, 0) is 10.9 Å². The van der Waals surface area contributed by atoms with Crippen LogP contribution in [0.1, 0.15) is 11.1 Å². The molecule has 0 bridgehead atoms. The third-order valence-electron chi connectivity index (χ3n) is 4.90. The van der Waals surface area contributed by atoms with E-state index in [1.54, 1.807) is 12.3 Å². The zero-order valence-corrected chi connectivity index (χ0v) is 15.4. The number of anilines is 3. The Balaban J connectivity index is 1.76. The number of alkyl halides is 3. The summed E-state index contributed by atoms with van der Waals surface area (Å²) in [6.07, 6.45) is -2.60. The number of ether oxygens (including phenoxy) is 1. The lowest BCUT2D eigenvalue weighted by molar-refractivity contribution is -0.137. The highest BCUT2D eigenvalue weighted by molar-refractivity contribution is 6.03. The first-order valence-corrected chi connectivity index (χ1v) is 9.09. The lowest BCUT2D eigenvalue weighted by Gasteiger charge is -2.30. The van der Waals surface area contributed by atoms with Crippen molar-refractivity contribution in [2.45, 2.75) is 13.1 Å². The molecule has 2 heterocycles. The molecule has 7 heteroatoms. The molecular weight excluding hydrogens is 367 g/mol. The van der Waals surface area contributed by atoms with Gasteiger partial charge in [0.25, 0.3) is 0 Å². The van der Waals surface area contributed by atoms with Crippen molar-refractivity contribution in [2.24, 2.45) is 0 Å². The maximum Gasteiger partial charge on any atom is 0.416 e. The Hall–Kier alpha value is -2.80. The molecule has 0 aliphatic carbocycles. The minimum Gasteiger partial charge on any atom is -0.378 e. The van der Waals surface area contributed by atoms with Crippen molar-refractivity contribution < 1.29 is 17.9 Å². The van der Waals surface area contributed by atoms with E-state index >= 15 is 0 Å². The van der Waals surface area contributed by atoms with E-state index in [0.29, 0.717) is 24.7 Å². The summed E-state index contributed by atoms with van der Waals surface area (Å²) in [6.45, 7) is 4.92. The second-order valence-electron chi connectivity index (χ2n) is 6.79. The van der Waals surface area contributed by atoms with Gasteiger partial charge in [-0.25, -0.2) is 4.98 Å². The third-order valence-corrected chi connectivity index (χ3v) is 4.90. The summed E-state index contributed by atoms with van der Waals surface area (Å²) in [4.78, 5) is 6.77. The summed E-state index contributed by atoms with van der Waals surface area (Å²) >= 11 is 0. The molecule has 0 unspecified atom stereocenters. The van der Waals surface area contributed by atoms with Gasteiger partial charge in [-0.1, -0.05) is 24.3 Å². The van der Waals surface area contributed by atoms with Crippen molar-refractivity contribution in [3.05, 3.63) is 59.8 Å². The fourth-order valence-corrected chi connectivity index (χ4v) is 3.52. The van der Waals surface area contributed by atoms with Crippen LogP contribution >= 0.6 is 0 Å². The molecule has 1 saturated heterocycles. The summed E-state index contributed by atoms with van der Waals surface area (Å²) in [7, 11) is 0. The Labute approximate surface area is 160 Å². The van der Waals surface area contributed by atoms with E-state index in [4.69, 9.17) is 4.74 Å². The molecule has 0 saturated carbocycles. The van der Waals surface area contributed by atoms with Crippen molar-refractivity contribution in [1.29, 1.82) is 0 Å². The summed E-state index contributed by atoms with van der Waals surface area (Å²) in [6, 6.07) is 11.0. The van der Waals surface area contributed by atoms with Gasteiger partial charge in [-0.2, -0.15) is 13.2 Å². The molecule has 146 valence electrons. The molecule has 3 aromatic rings. The van der Waals surface area contributed by atoms with Crippen molar-refractivity contribution in [1.82, 2.24) is 4.98 Å². The van der Waals surface area contributed by atoms with E-state index < -0.39 is 11.7 Å². The number of morpholine rings is 1. The van der Waals surface area contributed by atoms with Crippen LogP contribution in [0, 0.1) is 6.92 Å². The number of halogens is 3. The van der Waals surface area contributed by atoms with Crippen LogP contribution in [0.3, 0.4) is 0 Å². The second kappa shape index (κ2) is 7.31. The van der Waals surface area contributed by atoms with Crippen LogP contribution in [-0.4, -0.2) is 31.3 Å². The molecule has 0 atom stereocenters.